The molecule has 2 heteroatoms. The van der Waals surface area contributed by atoms with E-state index in [1.54, 1.807) is 6.20 Å². The maximum absolute atomic E-state index is 10.3. The summed E-state index contributed by atoms with van der Waals surface area (Å²) in [4.78, 5) is 4.29. The van der Waals surface area contributed by atoms with E-state index in [-0.39, 0.29) is 0 Å². The summed E-state index contributed by atoms with van der Waals surface area (Å²) in [6, 6.07) is 3.91. The van der Waals surface area contributed by atoms with Gasteiger partial charge in [-0.2, -0.15) is 0 Å². The van der Waals surface area contributed by atoms with Crippen molar-refractivity contribution in [2.24, 2.45) is 0 Å². The van der Waals surface area contributed by atoms with Crippen LogP contribution >= 0.6 is 0 Å². The summed E-state index contributed by atoms with van der Waals surface area (Å²) in [6.07, 6.45) is 9.27. The highest BCUT2D eigenvalue weighted by molar-refractivity contribution is 5.27. The van der Waals surface area contributed by atoms with Crippen LogP contribution in [-0.2, 0) is 0 Å². The van der Waals surface area contributed by atoms with E-state index < -0.39 is 6.10 Å². The average Bonchev–Trinajstić information content (AvgIpc) is 2.57. The molecular formula is C14H19NO. The van der Waals surface area contributed by atoms with E-state index in [4.69, 9.17) is 0 Å². The van der Waals surface area contributed by atoms with Gasteiger partial charge >= 0.3 is 0 Å². The van der Waals surface area contributed by atoms with Crippen molar-refractivity contribution in [3.05, 3.63) is 41.2 Å². The topological polar surface area (TPSA) is 33.1 Å². The van der Waals surface area contributed by atoms with Gasteiger partial charge in [0.2, 0.25) is 0 Å². The van der Waals surface area contributed by atoms with Gasteiger partial charge in [0, 0.05) is 6.20 Å². The monoisotopic (exact) mass is 217 g/mol. The molecule has 1 aliphatic rings. The quantitative estimate of drug-likeness (QED) is 0.771. The number of nitrogens with zero attached hydrogens (tertiary/aromatic N) is 1. The summed E-state index contributed by atoms with van der Waals surface area (Å²) in [7, 11) is 0. The molecule has 1 unspecified atom stereocenters. The predicted octanol–water partition coefficient (Wildman–Crippen LogP) is 3.31. The van der Waals surface area contributed by atoms with E-state index in [9.17, 15) is 5.11 Å². The van der Waals surface area contributed by atoms with Gasteiger partial charge < -0.3 is 5.11 Å². The lowest BCUT2D eigenvalue weighted by Gasteiger charge is -2.15. The Labute approximate surface area is 97.0 Å². The Morgan fingerprint density at radius 3 is 3.00 bits per heavy atom. The van der Waals surface area contributed by atoms with Crippen LogP contribution < -0.4 is 0 Å². The SMILES string of the molecule is Cc1cccnc1C(O)C1=CCCCCC1. The van der Waals surface area contributed by atoms with Crippen molar-refractivity contribution in [2.45, 2.75) is 45.1 Å². The maximum atomic E-state index is 10.3. The molecule has 0 saturated carbocycles. The molecule has 86 valence electrons. The van der Waals surface area contributed by atoms with Crippen molar-refractivity contribution in [2.75, 3.05) is 0 Å². The third kappa shape index (κ3) is 2.50. The zero-order chi connectivity index (χ0) is 11.4. The Morgan fingerprint density at radius 1 is 1.31 bits per heavy atom. The van der Waals surface area contributed by atoms with E-state index in [0.717, 1.165) is 29.7 Å². The molecular weight excluding hydrogens is 198 g/mol. The number of pyridine rings is 1. The fraction of sp³-hybridized carbons (Fsp3) is 0.500. The van der Waals surface area contributed by atoms with Gasteiger partial charge in [0.05, 0.1) is 5.69 Å². The van der Waals surface area contributed by atoms with Gasteiger partial charge in [-0.05, 0) is 49.8 Å². The molecule has 1 N–H and O–H groups in total. The first-order valence-corrected chi connectivity index (χ1v) is 6.07. The highest BCUT2D eigenvalue weighted by atomic mass is 16.3. The normalized spacial score (nSPS) is 18.8. The number of aliphatic hydroxyl groups is 1. The molecule has 0 aromatic carbocycles. The summed E-state index contributed by atoms with van der Waals surface area (Å²) in [6.45, 7) is 2.00. The minimum atomic E-state index is -0.501. The second-order valence-electron chi connectivity index (χ2n) is 4.49. The molecule has 0 aliphatic heterocycles. The molecule has 2 nitrogen and oxygen atoms in total. The molecule has 0 saturated heterocycles. The maximum Gasteiger partial charge on any atom is 0.117 e. The molecule has 1 atom stereocenters. The van der Waals surface area contributed by atoms with Crippen molar-refractivity contribution in [3.63, 3.8) is 0 Å². The van der Waals surface area contributed by atoms with Crippen molar-refractivity contribution in [1.82, 2.24) is 4.98 Å². The zero-order valence-electron chi connectivity index (χ0n) is 9.82. The standard InChI is InChI=1S/C14H19NO/c1-11-7-6-10-15-13(11)14(16)12-8-4-2-3-5-9-12/h6-8,10,14,16H,2-5,9H2,1H3. The molecule has 1 aromatic rings. The second-order valence-corrected chi connectivity index (χ2v) is 4.49. The first-order valence-electron chi connectivity index (χ1n) is 6.07. The van der Waals surface area contributed by atoms with Gasteiger partial charge in [0.1, 0.15) is 6.10 Å². The van der Waals surface area contributed by atoms with Crippen LogP contribution in [0.15, 0.2) is 30.0 Å². The third-order valence-corrected chi connectivity index (χ3v) is 3.24. The summed E-state index contributed by atoms with van der Waals surface area (Å²) in [5.74, 6) is 0. The van der Waals surface area contributed by atoms with Gasteiger partial charge in [-0.25, -0.2) is 0 Å². The van der Waals surface area contributed by atoms with E-state index in [0.29, 0.717) is 0 Å². The van der Waals surface area contributed by atoms with Crippen LogP contribution in [0.2, 0.25) is 0 Å². The molecule has 1 heterocycles. The average molecular weight is 217 g/mol. The Kier molecular flexibility index (Phi) is 3.73. The Morgan fingerprint density at radius 2 is 2.19 bits per heavy atom. The van der Waals surface area contributed by atoms with Crippen LogP contribution in [0.25, 0.3) is 0 Å². The van der Waals surface area contributed by atoms with Crippen molar-refractivity contribution < 1.29 is 5.11 Å². The molecule has 1 aromatic heterocycles. The number of allylic oxidation sites excluding steroid dienone is 1. The summed E-state index contributed by atoms with van der Waals surface area (Å²) >= 11 is 0. The number of aliphatic hydroxyl groups excluding tert-OH is 1. The van der Waals surface area contributed by atoms with Crippen LogP contribution in [0.5, 0.6) is 0 Å². The summed E-state index contributed by atoms with van der Waals surface area (Å²) in [5, 5.41) is 10.3. The molecule has 0 radical (unpaired) electrons. The highest BCUT2D eigenvalue weighted by Gasteiger charge is 2.17. The van der Waals surface area contributed by atoms with E-state index in [1.807, 2.05) is 19.1 Å². The van der Waals surface area contributed by atoms with Crippen LogP contribution in [-0.4, -0.2) is 10.1 Å². The summed E-state index contributed by atoms with van der Waals surface area (Å²) < 4.78 is 0. The second kappa shape index (κ2) is 5.26. The Balaban J connectivity index is 2.21. The van der Waals surface area contributed by atoms with Gasteiger partial charge in [-0.1, -0.05) is 18.6 Å². The first kappa shape index (κ1) is 11.3. The first-order chi connectivity index (χ1) is 7.79. The molecule has 16 heavy (non-hydrogen) atoms. The number of hydrogen-bond donors (Lipinski definition) is 1. The van der Waals surface area contributed by atoms with Crippen molar-refractivity contribution in [3.8, 4) is 0 Å². The lowest BCUT2D eigenvalue weighted by atomic mass is 9.99. The largest absolute Gasteiger partial charge is 0.382 e. The van der Waals surface area contributed by atoms with Crippen LogP contribution in [0.4, 0.5) is 0 Å². The van der Waals surface area contributed by atoms with Gasteiger partial charge in [0.15, 0.2) is 0 Å². The Bertz CT molecular complexity index is 384. The van der Waals surface area contributed by atoms with Crippen LogP contribution in [0.1, 0.15) is 49.5 Å². The third-order valence-electron chi connectivity index (χ3n) is 3.24. The van der Waals surface area contributed by atoms with Gasteiger partial charge in [-0.15, -0.1) is 0 Å². The van der Waals surface area contributed by atoms with Crippen molar-refractivity contribution in [1.29, 1.82) is 0 Å². The number of aromatic nitrogens is 1. The molecule has 0 amide bonds. The number of hydrogen-bond acceptors (Lipinski definition) is 2. The molecule has 1 aliphatic carbocycles. The lowest BCUT2D eigenvalue weighted by Crippen LogP contribution is -2.06. The minimum Gasteiger partial charge on any atom is -0.382 e. The molecule has 2 rings (SSSR count). The lowest BCUT2D eigenvalue weighted by molar-refractivity contribution is 0.205. The molecule has 0 bridgehead atoms. The van der Waals surface area contributed by atoms with Crippen LogP contribution in [0.3, 0.4) is 0 Å². The number of aryl methyl sites for hydroxylation is 1. The minimum absolute atomic E-state index is 0.501. The number of rotatable bonds is 2. The van der Waals surface area contributed by atoms with Gasteiger partial charge in [0.25, 0.3) is 0 Å². The van der Waals surface area contributed by atoms with Crippen LogP contribution in [0, 0.1) is 6.92 Å². The fourth-order valence-corrected chi connectivity index (χ4v) is 2.25. The molecule has 0 fully saturated rings. The van der Waals surface area contributed by atoms with Gasteiger partial charge in [-0.3, -0.25) is 4.98 Å². The van der Waals surface area contributed by atoms with Crippen molar-refractivity contribution >= 4 is 0 Å². The molecule has 0 spiro atoms. The summed E-state index contributed by atoms with van der Waals surface area (Å²) in [5.41, 5.74) is 3.04. The Hall–Kier alpha value is -1.15. The smallest absolute Gasteiger partial charge is 0.117 e. The highest BCUT2D eigenvalue weighted by Crippen LogP contribution is 2.29. The fourth-order valence-electron chi connectivity index (χ4n) is 2.25. The van der Waals surface area contributed by atoms with E-state index in [1.165, 1.54) is 19.3 Å². The van der Waals surface area contributed by atoms with E-state index in [2.05, 4.69) is 11.1 Å². The van der Waals surface area contributed by atoms with E-state index >= 15 is 0 Å². The zero-order valence-corrected chi connectivity index (χ0v) is 9.82. The predicted molar refractivity (Wildman–Crippen MR) is 65.1 cm³/mol.